The number of esters is 4. The highest BCUT2D eigenvalue weighted by molar-refractivity contribution is 5.87. The average molecular weight is 862 g/mol. The number of hydrogen-bond donors (Lipinski definition) is 1. The first-order valence-electron chi connectivity index (χ1n) is 20.4. The van der Waals surface area contributed by atoms with Crippen LogP contribution in [0.5, 0.6) is 0 Å². The largest absolute Gasteiger partial charge is 0.481 e. The summed E-state index contributed by atoms with van der Waals surface area (Å²) < 4.78 is 24.9. The fourth-order valence-electron chi connectivity index (χ4n) is 5.75. The summed E-state index contributed by atoms with van der Waals surface area (Å²) >= 11 is 0. The van der Waals surface area contributed by atoms with Gasteiger partial charge in [-0.15, -0.1) is 0 Å². The molecule has 0 fully saturated rings. The van der Waals surface area contributed by atoms with Gasteiger partial charge in [-0.2, -0.15) is 0 Å². The fraction of sp³-hybridized carbons (Fsp3) is 0.690. The van der Waals surface area contributed by atoms with Gasteiger partial charge in [-0.05, 0) is 102 Å². The number of carbonyl (C=O) groups excluding carboxylic acids is 6. The number of aromatic nitrogens is 4. The van der Waals surface area contributed by atoms with Gasteiger partial charge in [-0.1, -0.05) is 6.42 Å². The van der Waals surface area contributed by atoms with E-state index in [-0.39, 0.29) is 32.6 Å². The van der Waals surface area contributed by atoms with Crippen LogP contribution in [0.25, 0.3) is 0 Å². The summed E-state index contributed by atoms with van der Waals surface area (Å²) in [6.45, 7) is 18.6. The van der Waals surface area contributed by atoms with Gasteiger partial charge in [0, 0.05) is 31.2 Å². The van der Waals surface area contributed by atoms with Crippen molar-refractivity contribution < 1.29 is 57.6 Å². The zero-order valence-electron chi connectivity index (χ0n) is 38.1. The molecule has 2 aromatic rings. The Morgan fingerprint density at radius 2 is 0.869 bits per heavy atom. The van der Waals surface area contributed by atoms with Gasteiger partial charge < -0.3 is 43.0 Å². The molecule has 0 aliphatic carbocycles. The number of carboxylic acids is 1. The van der Waals surface area contributed by atoms with E-state index in [9.17, 15) is 33.6 Å². The molecule has 0 atom stereocenters. The Labute approximate surface area is 359 Å². The van der Waals surface area contributed by atoms with E-state index in [2.05, 4.69) is 9.97 Å². The lowest BCUT2D eigenvalue weighted by atomic mass is 10.2. The number of ether oxygens (including phenoxy) is 4. The normalized spacial score (nSPS) is 12.1. The standard InChI is InChI=1S/C42H67N7O12/c1-39(2,3)58-35(54)26-48(27-36(55)59-40(4,5)6)32(50)24-46-20-17-43-30(46)22-45(19-15-13-14-16-34(52)53)23-31-44-18-21-47(31)25-33(51)49(28-37(56)60-41(7,8)9)29-38(57)61-42(10,11)12/h17-18,20-21H,13-16,19,22-29H2,1-12H3,(H,52,53). The molecule has 0 aromatic carbocycles. The third kappa shape index (κ3) is 22.2. The molecule has 19 nitrogen and oxygen atoms in total. The van der Waals surface area contributed by atoms with Crippen molar-refractivity contribution in [2.24, 2.45) is 0 Å². The Bertz CT molecular complexity index is 1630. The topological polar surface area (TPSA) is 222 Å². The molecule has 0 spiro atoms. The van der Waals surface area contributed by atoms with E-state index in [0.717, 1.165) is 9.80 Å². The minimum absolute atomic E-state index is 0.0191. The Morgan fingerprint density at radius 1 is 0.541 bits per heavy atom. The van der Waals surface area contributed by atoms with Crippen molar-refractivity contribution in [3.63, 3.8) is 0 Å². The van der Waals surface area contributed by atoms with E-state index in [0.29, 0.717) is 37.5 Å². The van der Waals surface area contributed by atoms with E-state index >= 15 is 0 Å². The molecular weight excluding hydrogens is 794 g/mol. The van der Waals surface area contributed by atoms with Crippen molar-refractivity contribution >= 4 is 41.7 Å². The summed E-state index contributed by atoms with van der Waals surface area (Å²) in [5.41, 5.74) is -3.30. The first-order valence-corrected chi connectivity index (χ1v) is 20.4. The molecule has 0 saturated carbocycles. The summed E-state index contributed by atoms with van der Waals surface area (Å²) in [5.74, 6) is -3.89. The van der Waals surface area contributed by atoms with E-state index in [1.807, 2.05) is 4.90 Å². The third-order valence-electron chi connectivity index (χ3n) is 7.97. The van der Waals surface area contributed by atoms with Crippen molar-refractivity contribution in [2.75, 3.05) is 32.7 Å². The summed E-state index contributed by atoms with van der Waals surface area (Å²) in [4.78, 5) is 103. The maximum Gasteiger partial charge on any atom is 0.326 e. The van der Waals surface area contributed by atoms with Crippen LogP contribution in [-0.2, 0) is 78.7 Å². The minimum Gasteiger partial charge on any atom is -0.481 e. The molecule has 2 rings (SSSR count). The Hall–Kier alpha value is -5.33. The molecule has 2 amide bonds. The number of carboxylic acid groups (broad SMARTS) is 1. The number of unbranched alkanes of at least 4 members (excludes halogenated alkanes) is 2. The van der Waals surface area contributed by atoms with Crippen LogP contribution in [0, 0.1) is 0 Å². The monoisotopic (exact) mass is 861 g/mol. The first kappa shape index (κ1) is 51.8. The molecule has 0 bridgehead atoms. The molecule has 2 aromatic heterocycles. The molecule has 61 heavy (non-hydrogen) atoms. The summed E-state index contributed by atoms with van der Waals surface area (Å²) in [6.07, 6.45) is 7.92. The molecule has 0 saturated heterocycles. The zero-order valence-corrected chi connectivity index (χ0v) is 38.1. The van der Waals surface area contributed by atoms with Crippen molar-refractivity contribution in [1.29, 1.82) is 0 Å². The van der Waals surface area contributed by atoms with Crippen LogP contribution in [0.3, 0.4) is 0 Å². The smallest absolute Gasteiger partial charge is 0.326 e. The summed E-state index contributed by atoms with van der Waals surface area (Å²) in [7, 11) is 0. The van der Waals surface area contributed by atoms with Crippen molar-refractivity contribution in [1.82, 2.24) is 33.8 Å². The molecule has 0 aliphatic heterocycles. The number of imidazole rings is 2. The molecule has 0 radical (unpaired) electrons. The number of rotatable bonds is 22. The molecule has 19 heteroatoms. The Morgan fingerprint density at radius 3 is 1.16 bits per heavy atom. The number of carbonyl (C=O) groups is 7. The van der Waals surface area contributed by atoms with Crippen LogP contribution in [0.15, 0.2) is 24.8 Å². The van der Waals surface area contributed by atoms with Gasteiger partial charge in [-0.25, -0.2) is 9.97 Å². The van der Waals surface area contributed by atoms with Crippen molar-refractivity contribution in [3.05, 3.63) is 36.4 Å². The Balaban J connectivity index is 2.37. The average Bonchev–Trinajstić information content (AvgIpc) is 3.68. The van der Waals surface area contributed by atoms with Crippen LogP contribution in [0.4, 0.5) is 0 Å². The number of aliphatic carboxylic acids is 1. The number of nitrogens with zero attached hydrogens (tertiary/aromatic N) is 7. The highest BCUT2D eigenvalue weighted by Gasteiger charge is 2.29. The van der Waals surface area contributed by atoms with Gasteiger partial charge >= 0.3 is 29.8 Å². The maximum absolute atomic E-state index is 13.8. The zero-order chi connectivity index (χ0) is 46.3. The molecule has 0 unspecified atom stereocenters. The highest BCUT2D eigenvalue weighted by atomic mass is 16.6. The highest BCUT2D eigenvalue weighted by Crippen LogP contribution is 2.16. The fourth-order valence-corrected chi connectivity index (χ4v) is 5.75. The summed E-state index contributed by atoms with van der Waals surface area (Å²) in [6, 6.07) is 0. The van der Waals surface area contributed by atoms with Gasteiger partial charge in [0.15, 0.2) is 0 Å². The van der Waals surface area contributed by atoms with E-state index in [1.54, 1.807) is 105 Å². The second kappa shape index (κ2) is 22.5. The van der Waals surface area contributed by atoms with Crippen molar-refractivity contribution in [3.8, 4) is 0 Å². The maximum atomic E-state index is 13.8. The van der Waals surface area contributed by atoms with E-state index in [4.69, 9.17) is 24.1 Å². The molecular formula is C42H67N7O12. The van der Waals surface area contributed by atoms with Crippen LogP contribution < -0.4 is 0 Å². The lowest BCUT2D eigenvalue weighted by Gasteiger charge is -2.27. The van der Waals surface area contributed by atoms with Crippen LogP contribution in [0.2, 0.25) is 0 Å². The Kier molecular flexibility index (Phi) is 19.1. The predicted molar refractivity (Wildman–Crippen MR) is 221 cm³/mol. The van der Waals surface area contributed by atoms with Gasteiger partial charge in [0.25, 0.3) is 0 Å². The van der Waals surface area contributed by atoms with Crippen molar-refractivity contribution in [2.45, 2.75) is 157 Å². The van der Waals surface area contributed by atoms with Gasteiger partial charge in [0.05, 0.1) is 13.1 Å². The second-order valence-electron chi connectivity index (χ2n) is 18.7. The third-order valence-corrected chi connectivity index (χ3v) is 7.97. The van der Waals surface area contributed by atoms with Gasteiger partial charge in [0.1, 0.15) is 73.3 Å². The van der Waals surface area contributed by atoms with Crippen LogP contribution in [0.1, 0.15) is 120 Å². The minimum atomic E-state index is -0.894. The van der Waals surface area contributed by atoms with E-state index < -0.39 is 90.2 Å². The quantitative estimate of drug-likeness (QED) is 0.101. The van der Waals surface area contributed by atoms with E-state index in [1.165, 1.54) is 12.4 Å². The number of amides is 2. The lowest BCUT2D eigenvalue weighted by Crippen LogP contribution is -2.44. The van der Waals surface area contributed by atoms with Crippen LogP contribution >= 0.6 is 0 Å². The molecule has 0 aliphatic rings. The molecule has 342 valence electrons. The van der Waals surface area contributed by atoms with Gasteiger partial charge in [-0.3, -0.25) is 38.5 Å². The van der Waals surface area contributed by atoms with Crippen LogP contribution in [-0.4, -0.2) is 136 Å². The second-order valence-corrected chi connectivity index (χ2v) is 18.7. The van der Waals surface area contributed by atoms with Gasteiger partial charge in [0.2, 0.25) is 11.8 Å². The SMILES string of the molecule is CC(C)(C)OC(=O)CN(CC(=O)OC(C)(C)C)C(=O)Cn1ccnc1CN(CCCCCC(=O)O)Cc1nccn1CC(=O)N(CC(=O)OC(C)(C)C)CC(=O)OC(C)(C)C. The number of hydrogen-bond acceptors (Lipinski definition) is 14. The molecule has 1 N–H and O–H groups in total. The predicted octanol–water partition coefficient (Wildman–Crippen LogP) is 3.75. The molecule has 2 heterocycles. The lowest BCUT2D eigenvalue weighted by molar-refractivity contribution is -0.165. The summed E-state index contributed by atoms with van der Waals surface area (Å²) in [5, 5.41) is 9.14. The first-order chi connectivity index (χ1) is 28.0.